The lowest BCUT2D eigenvalue weighted by molar-refractivity contribution is 0.0844. The van der Waals surface area contributed by atoms with Crippen LogP contribution in [-0.4, -0.2) is 32.0 Å². The molecule has 9 nitrogen and oxygen atoms in total. The van der Waals surface area contributed by atoms with Gasteiger partial charge in [0, 0.05) is 10.6 Å². The fourth-order valence-corrected chi connectivity index (χ4v) is 2.95. The number of hydrazine groups is 1. The Hall–Kier alpha value is -4.24. The van der Waals surface area contributed by atoms with E-state index in [1.165, 1.54) is 11.0 Å². The van der Waals surface area contributed by atoms with Crippen molar-refractivity contribution in [2.24, 2.45) is 0 Å². The summed E-state index contributed by atoms with van der Waals surface area (Å²) >= 11 is 5.89. The number of nitrogens with one attached hydrogen (secondary N) is 2. The number of amides is 2. The van der Waals surface area contributed by atoms with Crippen LogP contribution in [0.5, 0.6) is 5.75 Å². The van der Waals surface area contributed by atoms with Crippen LogP contribution >= 0.6 is 11.6 Å². The summed E-state index contributed by atoms with van der Waals surface area (Å²) in [5, 5.41) is 11.5. The van der Waals surface area contributed by atoms with Crippen LogP contribution in [0.4, 0.5) is 0 Å². The van der Waals surface area contributed by atoms with E-state index in [0.717, 1.165) is 5.56 Å². The van der Waals surface area contributed by atoms with Crippen molar-refractivity contribution in [3.8, 4) is 11.4 Å². The van der Waals surface area contributed by atoms with Gasteiger partial charge in [-0.2, -0.15) is 0 Å². The highest BCUT2D eigenvalue weighted by molar-refractivity contribution is 6.30. The molecule has 0 saturated heterocycles. The first-order valence-corrected chi connectivity index (χ1v) is 9.88. The summed E-state index contributed by atoms with van der Waals surface area (Å²) in [6.07, 6.45) is 1.45. The largest absolute Gasteiger partial charge is 0.488 e. The second-order valence-corrected chi connectivity index (χ2v) is 7.06. The third-order valence-corrected chi connectivity index (χ3v) is 4.72. The first-order valence-electron chi connectivity index (χ1n) is 9.50. The molecule has 10 heteroatoms. The summed E-state index contributed by atoms with van der Waals surface area (Å²) in [6, 6.07) is 20.6. The predicted octanol–water partition coefficient (Wildman–Crippen LogP) is 2.97. The van der Waals surface area contributed by atoms with Crippen LogP contribution < -0.4 is 15.6 Å². The molecular weight excluding hydrogens is 432 g/mol. The summed E-state index contributed by atoms with van der Waals surface area (Å²) in [5.74, 6) is -0.587. The van der Waals surface area contributed by atoms with Crippen LogP contribution in [0.2, 0.25) is 5.02 Å². The summed E-state index contributed by atoms with van der Waals surface area (Å²) in [6.45, 7) is 0.265. The van der Waals surface area contributed by atoms with Gasteiger partial charge in [-0.15, -0.1) is 5.10 Å². The molecule has 2 N–H and O–H groups in total. The molecule has 32 heavy (non-hydrogen) atoms. The second-order valence-electron chi connectivity index (χ2n) is 6.62. The van der Waals surface area contributed by atoms with Crippen molar-refractivity contribution in [2.45, 2.75) is 6.61 Å². The Kier molecular flexibility index (Phi) is 6.38. The van der Waals surface area contributed by atoms with E-state index in [0.29, 0.717) is 22.0 Å². The Bertz CT molecular complexity index is 1210. The Morgan fingerprint density at radius 1 is 0.906 bits per heavy atom. The number of hydrogen-bond acceptors (Lipinski definition) is 6. The van der Waals surface area contributed by atoms with E-state index in [4.69, 9.17) is 16.3 Å². The molecule has 0 spiro atoms. The molecule has 160 valence electrons. The van der Waals surface area contributed by atoms with Gasteiger partial charge in [0.25, 0.3) is 11.8 Å². The minimum Gasteiger partial charge on any atom is -0.488 e. The van der Waals surface area contributed by atoms with Crippen molar-refractivity contribution in [3.63, 3.8) is 0 Å². The van der Waals surface area contributed by atoms with Gasteiger partial charge in [0.2, 0.25) is 0 Å². The molecule has 0 unspecified atom stereocenters. The second kappa shape index (κ2) is 9.71. The average Bonchev–Trinajstić information content (AvgIpc) is 3.37. The number of rotatable bonds is 6. The molecular formula is C22H17ClN6O3. The van der Waals surface area contributed by atoms with Gasteiger partial charge in [-0.1, -0.05) is 35.9 Å². The fourth-order valence-electron chi connectivity index (χ4n) is 2.82. The zero-order valence-corrected chi connectivity index (χ0v) is 17.4. The van der Waals surface area contributed by atoms with Crippen molar-refractivity contribution in [2.75, 3.05) is 0 Å². The summed E-state index contributed by atoms with van der Waals surface area (Å²) in [4.78, 5) is 25.0. The highest BCUT2D eigenvalue weighted by Crippen LogP contribution is 2.20. The molecule has 4 aromatic rings. The van der Waals surface area contributed by atoms with Gasteiger partial charge in [-0.3, -0.25) is 20.4 Å². The SMILES string of the molecule is O=C(NNC(=O)c1ccccc1OCc1ccc(Cl)cc1)c1ccc(-n2cnnn2)cc1. The smallest absolute Gasteiger partial charge is 0.273 e. The maximum Gasteiger partial charge on any atom is 0.273 e. The zero-order valence-electron chi connectivity index (χ0n) is 16.6. The van der Waals surface area contributed by atoms with Crippen molar-refractivity contribution in [1.29, 1.82) is 0 Å². The molecule has 0 aliphatic heterocycles. The first-order chi connectivity index (χ1) is 15.6. The van der Waals surface area contributed by atoms with Crippen LogP contribution in [0.1, 0.15) is 26.3 Å². The Labute approximate surface area is 187 Å². The Morgan fingerprint density at radius 2 is 1.62 bits per heavy atom. The number of ether oxygens (including phenoxy) is 1. The highest BCUT2D eigenvalue weighted by Gasteiger charge is 2.14. The van der Waals surface area contributed by atoms with Crippen molar-refractivity contribution >= 4 is 23.4 Å². The lowest BCUT2D eigenvalue weighted by Crippen LogP contribution is -2.41. The molecule has 0 atom stereocenters. The van der Waals surface area contributed by atoms with Crippen LogP contribution in [-0.2, 0) is 6.61 Å². The van der Waals surface area contributed by atoms with E-state index in [1.807, 2.05) is 12.1 Å². The molecule has 0 saturated carbocycles. The quantitative estimate of drug-likeness (QED) is 0.439. The van der Waals surface area contributed by atoms with Crippen LogP contribution in [0.15, 0.2) is 79.1 Å². The number of benzene rings is 3. The number of para-hydroxylation sites is 1. The van der Waals surface area contributed by atoms with Gasteiger partial charge >= 0.3 is 0 Å². The van der Waals surface area contributed by atoms with Crippen molar-refractivity contribution < 1.29 is 14.3 Å². The maximum atomic E-state index is 12.6. The molecule has 0 fully saturated rings. The molecule has 1 aromatic heterocycles. The standard InChI is InChI=1S/C22H17ClN6O3/c23-17-9-5-15(6-10-17)13-32-20-4-2-1-3-19(20)22(31)26-25-21(30)16-7-11-18(12-8-16)29-14-24-27-28-29/h1-12,14H,13H2,(H,25,30)(H,26,31). The van der Waals surface area contributed by atoms with Crippen molar-refractivity contribution in [3.05, 3.63) is 101 Å². The third kappa shape index (κ3) is 5.08. The third-order valence-electron chi connectivity index (χ3n) is 4.47. The number of halogens is 1. The van der Waals surface area contributed by atoms with Gasteiger partial charge in [0.15, 0.2) is 0 Å². The van der Waals surface area contributed by atoms with Crippen LogP contribution in [0.3, 0.4) is 0 Å². The van der Waals surface area contributed by atoms with Gasteiger partial charge in [0.05, 0.1) is 11.3 Å². The minimum absolute atomic E-state index is 0.265. The van der Waals surface area contributed by atoms with E-state index >= 15 is 0 Å². The van der Waals surface area contributed by atoms with E-state index in [-0.39, 0.29) is 12.2 Å². The van der Waals surface area contributed by atoms with Crippen LogP contribution in [0.25, 0.3) is 5.69 Å². The molecule has 3 aromatic carbocycles. The monoisotopic (exact) mass is 448 g/mol. The molecule has 0 radical (unpaired) electrons. The molecule has 0 aliphatic rings. The molecule has 2 amide bonds. The fraction of sp³-hybridized carbons (Fsp3) is 0.0455. The Morgan fingerprint density at radius 3 is 2.34 bits per heavy atom. The number of carbonyl (C=O) groups is 2. The average molecular weight is 449 g/mol. The van der Waals surface area contributed by atoms with E-state index in [9.17, 15) is 9.59 Å². The molecule has 4 rings (SSSR count). The minimum atomic E-state index is -0.504. The van der Waals surface area contributed by atoms with Crippen LogP contribution in [0, 0.1) is 0 Å². The zero-order chi connectivity index (χ0) is 22.3. The number of carbonyl (C=O) groups excluding carboxylic acids is 2. The number of nitrogens with zero attached hydrogens (tertiary/aromatic N) is 4. The summed E-state index contributed by atoms with van der Waals surface area (Å²) in [5.41, 5.74) is 7.06. The topological polar surface area (TPSA) is 111 Å². The predicted molar refractivity (Wildman–Crippen MR) is 116 cm³/mol. The lowest BCUT2D eigenvalue weighted by Gasteiger charge is -2.12. The molecule has 0 aliphatic carbocycles. The number of hydrogen-bond donors (Lipinski definition) is 2. The van der Waals surface area contributed by atoms with Gasteiger partial charge in [-0.25, -0.2) is 4.68 Å². The lowest BCUT2D eigenvalue weighted by atomic mass is 10.2. The highest BCUT2D eigenvalue weighted by atomic mass is 35.5. The Balaban J connectivity index is 1.36. The molecule has 0 bridgehead atoms. The number of aromatic nitrogens is 4. The van der Waals surface area contributed by atoms with Gasteiger partial charge in [0.1, 0.15) is 18.7 Å². The van der Waals surface area contributed by atoms with Gasteiger partial charge < -0.3 is 4.74 Å². The van der Waals surface area contributed by atoms with E-state index in [2.05, 4.69) is 26.4 Å². The first kappa shape index (κ1) is 21.0. The van der Waals surface area contributed by atoms with E-state index < -0.39 is 11.8 Å². The molecule has 1 heterocycles. The summed E-state index contributed by atoms with van der Waals surface area (Å²) < 4.78 is 7.25. The van der Waals surface area contributed by atoms with Crippen molar-refractivity contribution in [1.82, 2.24) is 31.1 Å². The van der Waals surface area contributed by atoms with E-state index in [1.54, 1.807) is 60.7 Å². The number of tetrazole rings is 1. The maximum absolute atomic E-state index is 12.6. The normalized spacial score (nSPS) is 10.4. The van der Waals surface area contributed by atoms with Gasteiger partial charge in [-0.05, 0) is 64.5 Å². The summed E-state index contributed by atoms with van der Waals surface area (Å²) in [7, 11) is 0.